The van der Waals surface area contributed by atoms with Gasteiger partial charge < -0.3 is 14.2 Å². The molecule has 0 aliphatic carbocycles. The Kier molecular flexibility index (Phi) is 6.31. The van der Waals surface area contributed by atoms with Gasteiger partial charge in [-0.25, -0.2) is 14.4 Å². The molecule has 1 unspecified atom stereocenters. The van der Waals surface area contributed by atoms with Gasteiger partial charge in [0.2, 0.25) is 6.23 Å². The van der Waals surface area contributed by atoms with Gasteiger partial charge in [0.15, 0.2) is 12.2 Å². The minimum Gasteiger partial charge on any atom is -0.452 e. The van der Waals surface area contributed by atoms with E-state index in [1.54, 1.807) is 0 Å². The van der Waals surface area contributed by atoms with E-state index in [0.29, 0.717) is 0 Å². The maximum Gasteiger partial charge on any atom is 0.331 e. The van der Waals surface area contributed by atoms with Crippen molar-refractivity contribution in [2.24, 2.45) is 0 Å². The van der Waals surface area contributed by atoms with Crippen molar-refractivity contribution in [1.29, 1.82) is 0 Å². The molecule has 1 fully saturated rings. The minimum atomic E-state index is -1.17. The van der Waals surface area contributed by atoms with Crippen LogP contribution in [0.5, 0.6) is 0 Å². The van der Waals surface area contributed by atoms with Gasteiger partial charge in [-0.3, -0.25) is 4.84 Å². The van der Waals surface area contributed by atoms with Crippen LogP contribution in [0.15, 0.2) is 38.0 Å². The summed E-state index contributed by atoms with van der Waals surface area (Å²) in [5.41, 5.74) is 2.37. The van der Waals surface area contributed by atoms with E-state index >= 15 is 0 Å². The van der Waals surface area contributed by atoms with Crippen LogP contribution >= 0.6 is 0 Å². The van der Waals surface area contributed by atoms with Crippen LogP contribution < -0.4 is 5.48 Å². The standard InChI is InChI=1S/C13H15NO7/c1-4-9(15)19-8-7-18-14-13(21-11(17)6-3)12(8)20-10(16)5-2/h4-6,8,12-14H,1-3,7H2/t8-,12-,13?/m1/s1. The molecule has 0 spiro atoms. The Hall–Kier alpha value is -2.45. The van der Waals surface area contributed by atoms with E-state index in [1.807, 2.05) is 0 Å². The third-order valence-electron chi connectivity index (χ3n) is 2.37. The number of rotatable bonds is 6. The van der Waals surface area contributed by atoms with Gasteiger partial charge in [0, 0.05) is 18.2 Å². The Morgan fingerprint density at radius 3 is 2.05 bits per heavy atom. The summed E-state index contributed by atoms with van der Waals surface area (Å²) in [6.07, 6.45) is -0.475. The second-order valence-electron chi connectivity index (χ2n) is 3.78. The summed E-state index contributed by atoms with van der Waals surface area (Å²) in [5.74, 6) is -2.28. The highest BCUT2D eigenvalue weighted by Gasteiger charge is 2.41. The van der Waals surface area contributed by atoms with Crippen LogP contribution in [0.1, 0.15) is 0 Å². The van der Waals surface area contributed by atoms with Crippen LogP contribution in [-0.4, -0.2) is 43.0 Å². The third-order valence-corrected chi connectivity index (χ3v) is 2.37. The predicted octanol–water partition coefficient (Wildman–Crippen LogP) is -0.228. The monoisotopic (exact) mass is 297 g/mol. The quantitative estimate of drug-likeness (QED) is 0.408. The summed E-state index contributed by atoms with van der Waals surface area (Å²) in [4.78, 5) is 38.8. The first-order valence-corrected chi connectivity index (χ1v) is 5.88. The summed E-state index contributed by atoms with van der Waals surface area (Å²) in [6, 6.07) is 0. The largest absolute Gasteiger partial charge is 0.452 e. The molecule has 114 valence electrons. The molecule has 1 saturated heterocycles. The van der Waals surface area contributed by atoms with E-state index in [-0.39, 0.29) is 6.61 Å². The van der Waals surface area contributed by atoms with E-state index < -0.39 is 36.3 Å². The summed E-state index contributed by atoms with van der Waals surface area (Å²) in [6.45, 7) is 9.64. The summed E-state index contributed by atoms with van der Waals surface area (Å²) in [7, 11) is 0. The van der Waals surface area contributed by atoms with Crippen molar-refractivity contribution in [1.82, 2.24) is 5.48 Å². The SMILES string of the molecule is C=CC(=O)OC1NOC[C@@H](OC(=O)C=C)[C@H]1OC(=O)C=C. The van der Waals surface area contributed by atoms with Gasteiger partial charge in [-0.1, -0.05) is 19.7 Å². The third kappa shape index (κ3) is 4.86. The van der Waals surface area contributed by atoms with Gasteiger partial charge in [-0.15, -0.1) is 0 Å². The highest BCUT2D eigenvalue weighted by atomic mass is 16.7. The highest BCUT2D eigenvalue weighted by Crippen LogP contribution is 2.17. The van der Waals surface area contributed by atoms with E-state index in [1.165, 1.54) is 0 Å². The molecule has 0 aromatic heterocycles. The first-order valence-electron chi connectivity index (χ1n) is 5.88. The van der Waals surface area contributed by atoms with E-state index in [4.69, 9.17) is 19.0 Å². The normalized spacial score (nSPS) is 24.3. The van der Waals surface area contributed by atoms with Crippen molar-refractivity contribution in [2.75, 3.05) is 6.61 Å². The Morgan fingerprint density at radius 2 is 1.48 bits per heavy atom. The first kappa shape index (κ1) is 16.6. The van der Waals surface area contributed by atoms with Crippen LogP contribution in [0, 0.1) is 0 Å². The number of nitrogens with one attached hydrogen (secondary N) is 1. The molecule has 0 radical (unpaired) electrons. The number of hydroxylamine groups is 1. The highest BCUT2D eigenvalue weighted by molar-refractivity contribution is 5.83. The van der Waals surface area contributed by atoms with E-state index in [0.717, 1.165) is 18.2 Å². The topological polar surface area (TPSA) is 100 Å². The second kappa shape index (κ2) is 7.98. The average Bonchev–Trinajstić information content (AvgIpc) is 2.49. The van der Waals surface area contributed by atoms with Gasteiger partial charge in [-0.05, 0) is 0 Å². The average molecular weight is 297 g/mol. The molecule has 3 atom stereocenters. The van der Waals surface area contributed by atoms with Crippen LogP contribution in [0.4, 0.5) is 0 Å². The minimum absolute atomic E-state index is 0.114. The second-order valence-corrected chi connectivity index (χ2v) is 3.78. The summed E-state index contributed by atoms with van der Waals surface area (Å²) >= 11 is 0. The number of hydrogen-bond donors (Lipinski definition) is 1. The predicted molar refractivity (Wildman–Crippen MR) is 69.3 cm³/mol. The summed E-state index contributed by atoms with van der Waals surface area (Å²) in [5, 5.41) is 0. The fraction of sp³-hybridized carbons (Fsp3) is 0.308. The molecule has 1 heterocycles. The molecule has 21 heavy (non-hydrogen) atoms. The lowest BCUT2D eigenvalue weighted by Gasteiger charge is -2.35. The molecule has 1 N–H and O–H groups in total. The number of ether oxygens (including phenoxy) is 3. The van der Waals surface area contributed by atoms with E-state index in [2.05, 4.69) is 25.2 Å². The van der Waals surface area contributed by atoms with Crippen molar-refractivity contribution in [3.05, 3.63) is 38.0 Å². The Bertz CT molecular complexity index is 429. The van der Waals surface area contributed by atoms with E-state index in [9.17, 15) is 14.4 Å². The molecule has 0 bridgehead atoms. The number of carbonyl (C=O) groups is 3. The number of carbonyl (C=O) groups excluding carboxylic acids is 3. The first-order chi connectivity index (χ1) is 10.0. The number of hydrogen-bond acceptors (Lipinski definition) is 8. The molecule has 0 amide bonds. The van der Waals surface area contributed by atoms with Gasteiger partial charge in [0.1, 0.15) is 6.61 Å². The van der Waals surface area contributed by atoms with Crippen LogP contribution in [0.2, 0.25) is 0 Å². The van der Waals surface area contributed by atoms with Crippen molar-refractivity contribution < 1.29 is 33.4 Å². The zero-order chi connectivity index (χ0) is 15.8. The van der Waals surface area contributed by atoms with Gasteiger partial charge in [-0.2, -0.15) is 5.48 Å². The fourth-order valence-electron chi connectivity index (χ4n) is 1.45. The van der Waals surface area contributed by atoms with Gasteiger partial charge >= 0.3 is 17.9 Å². The maximum atomic E-state index is 11.4. The Labute approximate surface area is 120 Å². The van der Waals surface area contributed by atoms with Crippen LogP contribution in [0.25, 0.3) is 0 Å². The van der Waals surface area contributed by atoms with Gasteiger partial charge in [0.05, 0.1) is 0 Å². The molecule has 0 aromatic rings. The van der Waals surface area contributed by atoms with Crippen LogP contribution in [0.3, 0.4) is 0 Å². The molecule has 1 aliphatic rings. The van der Waals surface area contributed by atoms with Crippen molar-refractivity contribution >= 4 is 17.9 Å². The molecule has 1 aliphatic heterocycles. The molecule has 8 nitrogen and oxygen atoms in total. The molecular weight excluding hydrogens is 282 g/mol. The Balaban J connectivity index is 2.88. The van der Waals surface area contributed by atoms with Crippen molar-refractivity contribution in [3.8, 4) is 0 Å². The fourth-order valence-corrected chi connectivity index (χ4v) is 1.45. The van der Waals surface area contributed by atoms with Crippen LogP contribution in [-0.2, 0) is 33.4 Å². The lowest BCUT2D eigenvalue weighted by atomic mass is 10.1. The Morgan fingerprint density at radius 1 is 0.952 bits per heavy atom. The van der Waals surface area contributed by atoms with Crippen molar-refractivity contribution in [3.63, 3.8) is 0 Å². The molecule has 8 heteroatoms. The molecule has 0 saturated carbocycles. The van der Waals surface area contributed by atoms with Crippen molar-refractivity contribution in [2.45, 2.75) is 18.4 Å². The molecular formula is C13H15NO7. The lowest BCUT2D eigenvalue weighted by molar-refractivity contribution is -0.231. The zero-order valence-corrected chi connectivity index (χ0v) is 11.2. The molecule has 0 aromatic carbocycles. The maximum absolute atomic E-state index is 11.4. The number of esters is 3. The van der Waals surface area contributed by atoms with Gasteiger partial charge in [0.25, 0.3) is 0 Å². The lowest BCUT2D eigenvalue weighted by Crippen LogP contribution is -2.58. The molecule has 1 rings (SSSR count). The summed E-state index contributed by atoms with van der Waals surface area (Å²) < 4.78 is 14.9. The smallest absolute Gasteiger partial charge is 0.331 e. The zero-order valence-electron chi connectivity index (χ0n) is 11.2.